The molecule has 3 aromatic heterocycles. The van der Waals surface area contributed by atoms with Gasteiger partial charge in [-0.05, 0) is 80.1 Å². The van der Waals surface area contributed by atoms with Crippen molar-refractivity contribution in [2.75, 3.05) is 6.54 Å². The maximum atomic E-state index is 16.0. The maximum absolute atomic E-state index is 16.0. The molecule has 2 atom stereocenters. The Morgan fingerprint density at radius 1 is 1.05 bits per heavy atom. The molecule has 2 aromatic carbocycles. The number of benzene rings is 2. The third-order valence-electron chi connectivity index (χ3n) is 8.39. The van der Waals surface area contributed by atoms with Crippen LogP contribution in [-0.4, -0.2) is 25.0 Å². The first-order chi connectivity index (χ1) is 19.0. The average molecular weight is 624 g/mol. The minimum Gasteiger partial charge on any atom is -0.464 e. The zero-order valence-corrected chi connectivity index (χ0v) is 24.1. The molecule has 1 saturated heterocycles. The van der Waals surface area contributed by atoms with E-state index in [2.05, 4.69) is 46.7 Å². The van der Waals surface area contributed by atoms with Crippen LogP contribution in [0.2, 0.25) is 5.02 Å². The van der Waals surface area contributed by atoms with E-state index < -0.39 is 6.23 Å². The zero-order valence-electron chi connectivity index (χ0n) is 21.0. The molecule has 2 aliphatic heterocycles. The molecule has 0 amide bonds. The molecule has 198 valence electrons. The van der Waals surface area contributed by atoms with Crippen LogP contribution >= 0.6 is 39.1 Å². The minimum atomic E-state index is -0.391. The Hall–Kier alpha value is -2.65. The van der Waals surface area contributed by atoms with Gasteiger partial charge >= 0.3 is 0 Å². The number of H-pyrrole nitrogens is 1. The van der Waals surface area contributed by atoms with Crippen LogP contribution in [0.25, 0.3) is 33.4 Å². The summed E-state index contributed by atoms with van der Waals surface area (Å²) in [4.78, 5) is 10.6. The number of ether oxygens (including phenoxy) is 1. The lowest BCUT2D eigenvalue weighted by Crippen LogP contribution is -2.22. The molecule has 0 spiro atoms. The summed E-state index contributed by atoms with van der Waals surface area (Å²) < 4.78 is 26.9. The second-order valence-electron chi connectivity index (χ2n) is 10.7. The number of aromatic nitrogens is 3. The topological polar surface area (TPSA) is 46.1 Å². The molecule has 1 saturated carbocycles. The van der Waals surface area contributed by atoms with Crippen LogP contribution in [0.4, 0.5) is 4.39 Å². The van der Waals surface area contributed by atoms with E-state index in [9.17, 15) is 0 Å². The van der Waals surface area contributed by atoms with Gasteiger partial charge in [0, 0.05) is 43.5 Å². The molecule has 5 heterocycles. The van der Waals surface area contributed by atoms with Crippen molar-refractivity contribution in [1.29, 1.82) is 0 Å². The second kappa shape index (κ2) is 9.20. The smallest absolute Gasteiger partial charge is 0.212 e. The Labute approximate surface area is 242 Å². The maximum Gasteiger partial charge on any atom is 0.212 e. The van der Waals surface area contributed by atoms with Gasteiger partial charge in [0.15, 0.2) is 0 Å². The molecule has 0 radical (unpaired) electrons. The number of halogens is 3. The van der Waals surface area contributed by atoms with Gasteiger partial charge in [-0.2, -0.15) is 0 Å². The van der Waals surface area contributed by atoms with Gasteiger partial charge in [0.2, 0.25) is 6.23 Å². The van der Waals surface area contributed by atoms with E-state index in [4.69, 9.17) is 16.3 Å². The van der Waals surface area contributed by atoms with Crippen LogP contribution in [0.1, 0.15) is 65.9 Å². The Morgan fingerprint density at radius 2 is 1.92 bits per heavy atom. The Kier molecular flexibility index (Phi) is 5.70. The standard InChI is InChI=1S/C30H25BrClFN4OS/c31-36-10-2-5-23(36)29-34-15-21(35-29)17-12-20(33)28-24-13-18-11-19(32)6-7-22(18)37(24)30(38-25(28)14-17)27-9-8-26(39-27)16-3-1-4-16/h6-9,11-16,23,30H,1-5,10H2,(H,34,35). The molecule has 3 aliphatic rings. The molecule has 39 heavy (non-hydrogen) atoms. The lowest BCUT2D eigenvalue weighted by Gasteiger charge is -2.30. The summed E-state index contributed by atoms with van der Waals surface area (Å²) in [5.41, 5.74) is 3.74. The number of nitrogens with one attached hydrogen (secondary N) is 1. The van der Waals surface area contributed by atoms with Gasteiger partial charge in [0.1, 0.15) is 17.4 Å². The molecule has 1 aliphatic carbocycles. The lowest BCUT2D eigenvalue weighted by molar-refractivity contribution is 0.176. The fourth-order valence-corrected chi connectivity index (χ4v) is 8.19. The van der Waals surface area contributed by atoms with Gasteiger partial charge < -0.3 is 9.72 Å². The van der Waals surface area contributed by atoms with Crippen molar-refractivity contribution in [3.8, 4) is 28.3 Å². The van der Waals surface area contributed by atoms with Gasteiger partial charge in [-0.1, -0.05) is 18.0 Å². The van der Waals surface area contributed by atoms with E-state index in [-0.39, 0.29) is 11.9 Å². The molecule has 2 unspecified atom stereocenters. The van der Waals surface area contributed by atoms with Crippen molar-refractivity contribution in [1.82, 2.24) is 18.5 Å². The van der Waals surface area contributed by atoms with Crippen LogP contribution in [0, 0.1) is 5.82 Å². The van der Waals surface area contributed by atoms with E-state index >= 15 is 4.39 Å². The summed E-state index contributed by atoms with van der Waals surface area (Å²) in [6.45, 7) is 0.980. The highest BCUT2D eigenvalue weighted by Gasteiger charge is 2.34. The van der Waals surface area contributed by atoms with Gasteiger partial charge in [-0.15, -0.1) is 11.3 Å². The predicted molar refractivity (Wildman–Crippen MR) is 157 cm³/mol. The van der Waals surface area contributed by atoms with Crippen molar-refractivity contribution in [2.24, 2.45) is 0 Å². The Balaban J connectivity index is 1.25. The third-order valence-corrected chi connectivity index (χ3v) is 10.8. The monoisotopic (exact) mass is 622 g/mol. The number of nitrogens with zero attached hydrogens (tertiary/aromatic N) is 3. The highest BCUT2D eigenvalue weighted by atomic mass is 79.9. The molecule has 1 N–H and O–H groups in total. The molecule has 5 aromatic rings. The van der Waals surface area contributed by atoms with E-state index in [1.54, 1.807) is 12.3 Å². The van der Waals surface area contributed by atoms with Crippen LogP contribution in [0.3, 0.4) is 0 Å². The number of hydrogen-bond donors (Lipinski definition) is 1. The average Bonchev–Trinajstić information content (AvgIpc) is 3.68. The number of hydrogen-bond acceptors (Lipinski definition) is 4. The van der Waals surface area contributed by atoms with Crippen molar-refractivity contribution in [3.63, 3.8) is 0 Å². The second-order valence-corrected chi connectivity index (χ2v) is 13.2. The summed E-state index contributed by atoms with van der Waals surface area (Å²) in [6, 6.07) is 16.0. The summed E-state index contributed by atoms with van der Waals surface area (Å²) >= 11 is 11.8. The fraction of sp³-hybridized carbons (Fsp3) is 0.300. The van der Waals surface area contributed by atoms with Crippen molar-refractivity contribution >= 4 is 50.0 Å². The summed E-state index contributed by atoms with van der Waals surface area (Å²) in [7, 11) is 0. The van der Waals surface area contributed by atoms with Gasteiger partial charge in [-0.25, -0.2) is 13.3 Å². The van der Waals surface area contributed by atoms with Crippen LogP contribution in [0.15, 0.2) is 54.7 Å². The van der Waals surface area contributed by atoms with Crippen molar-refractivity contribution in [3.05, 3.63) is 81.1 Å². The quantitative estimate of drug-likeness (QED) is 0.203. The van der Waals surface area contributed by atoms with Crippen LogP contribution < -0.4 is 4.74 Å². The normalized spacial score (nSPS) is 21.1. The van der Waals surface area contributed by atoms with E-state index in [1.807, 2.05) is 41.7 Å². The molecule has 9 heteroatoms. The number of fused-ring (bicyclic) bond motifs is 5. The van der Waals surface area contributed by atoms with Crippen LogP contribution in [0.5, 0.6) is 5.75 Å². The number of aromatic amines is 1. The minimum absolute atomic E-state index is 0.188. The predicted octanol–water partition coefficient (Wildman–Crippen LogP) is 9.21. The van der Waals surface area contributed by atoms with E-state index in [0.29, 0.717) is 22.3 Å². The first-order valence-corrected chi connectivity index (χ1v) is 15.3. The van der Waals surface area contributed by atoms with Crippen LogP contribution in [-0.2, 0) is 0 Å². The summed E-state index contributed by atoms with van der Waals surface area (Å²) in [6.07, 6.45) is 7.33. The largest absolute Gasteiger partial charge is 0.464 e. The van der Waals surface area contributed by atoms with Gasteiger partial charge in [0.25, 0.3) is 0 Å². The highest BCUT2D eigenvalue weighted by molar-refractivity contribution is 9.07. The number of thiophene rings is 1. The Bertz CT molecular complexity index is 1740. The molecular weight excluding hydrogens is 599 g/mol. The molecule has 0 bridgehead atoms. The van der Waals surface area contributed by atoms with Crippen molar-refractivity contribution in [2.45, 2.75) is 50.3 Å². The summed E-state index contributed by atoms with van der Waals surface area (Å²) in [5.74, 6) is 1.74. The van der Waals surface area contributed by atoms with Gasteiger partial charge in [-0.3, -0.25) is 4.57 Å². The first-order valence-electron chi connectivity index (χ1n) is 13.4. The lowest BCUT2D eigenvalue weighted by atomic mass is 9.84. The SMILES string of the molecule is Fc1cc(-c2cnc(C3CCCN3Br)[nH]2)cc2c1-c1cc3cc(Cl)ccc3n1C(c1ccc(C3CCC3)s1)O2. The molecular formula is C30H25BrClFN4OS. The van der Waals surface area contributed by atoms with E-state index in [1.165, 1.54) is 24.1 Å². The Morgan fingerprint density at radius 3 is 2.72 bits per heavy atom. The zero-order chi connectivity index (χ0) is 26.2. The number of rotatable bonds is 4. The molecule has 2 fully saturated rings. The third kappa shape index (κ3) is 3.90. The highest BCUT2D eigenvalue weighted by Crippen LogP contribution is 2.49. The summed E-state index contributed by atoms with van der Waals surface area (Å²) in [5, 5.41) is 1.62. The fourth-order valence-electron chi connectivity index (χ4n) is 6.16. The molecule has 5 nitrogen and oxygen atoms in total. The van der Waals surface area contributed by atoms with Crippen molar-refractivity contribution < 1.29 is 9.13 Å². The molecule has 8 rings (SSSR count). The first kappa shape index (κ1) is 24.2. The van der Waals surface area contributed by atoms with Gasteiger partial charge in [0.05, 0.1) is 39.6 Å². The van der Waals surface area contributed by atoms with E-state index in [0.717, 1.165) is 57.9 Å². The number of imidazole rings is 1.